The van der Waals surface area contributed by atoms with Crippen LogP contribution in [-0.2, 0) is 9.59 Å². The molecule has 11 heavy (non-hydrogen) atoms. The van der Waals surface area contributed by atoms with E-state index in [0.717, 1.165) is 0 Å². The number of carbonyl (C=O) groups excluding carboxylic acids is 1. The quantitative estimate of drug-likeness (QED) is 0.568. The maximum Gasteiger partial charge on any atom is 0.331 e. The molecule has 0 aliphatic carbocycles. The molecule has 0 aromatic carbocycles. The van der Waals surface area contributed by atoms with E-state index in [1.54, 1.807) is 13.8 Å². The van der Waals surface area contributed by atoms with Crippen LogP contribution in [0.2, 0.25) is 0 Å². The Kier molecular flexibility index (Phi) is 2.76. The van der Waals surface area contributed by atoms with Crippen LogP contribution < -0.4 is 5.73 Å². The van der Waals surface area contributed by atoms with Crippen molar-refractivity contribution in [2.75, 3.05) is 0 Å². The molecule has 0 heterocycles. The summed E-state index contributed by atoms with van der Waals surface area (Å²) in [6, 6.07) is 0. The lowest BCUT2D eigenvalue weighted by atomic mass is 9.84. The van der Waals surface area contributed by atoms with Gasteiger partial charge in [0.05, 0.1) is 0 Å². The highest BCUT2D eigenvalue weighted by Gasteiger charge is 2.42. The van der Waals surface area contributed by atoms with Crippen molar-refractivity contribution in [1.29, 1.82) is 0 Å². The fourth-order valence-corrected chi connectivity index (χ4v) is 0.804. The number of carboxylic acid groups (broad SMARTS) is 1. The average Bonchev–Trinajstić information content (AvgIpc) is 1.84. The SMILES string of the molecule is CC(=O)[C@](N)(C(=O)O)C(C)C. The minimum atomic E-state index is -1.72. The highest BCUT2D eigenvalue weighted by molar-refractivity contribution is 6.06. The lowest BCUT2D eigenvalue weighted by Gasteiger charge is -2.25. The first-order chi connectivity index (χ1) is 4.83. The molecule has 0 aromatic heterocycles. The molecule has 0 unspecified atom stereocenters. The van der Waals surface area contributed by atoms with Gasteiger partial charge in [0.1, 0.15) is 0 Å². The van der Waals surface area contributed by atoms with E-state index in [9.17, 15) is 9.59 Å². The van der Waals surface area contributed by atoms with Crippen LogP contribution >= 0.6 is 0 Å². The zero-order valence-corrected chi connectivity index (χ0v) is 6.92. The molecule has 3 N–H and O–H groups in total. The lowest BCUT2D eigenvalue weighted by molar-refractivity contribution is -0.149. The molecule has 0 aliphatic rings. The molecule has 0 fully saturated rings. The van der Waals surface area contributed by atoms with Crippen molar-refractivity contribution < 1.29 is 14.7 Å². The third kappa shape index (κ3) is 1.57. The number of Topliss-reactive ketones (excluding diaryl/α,β-unsaturated/α-hetero) is 1. The van der Waals surface area contributed by atoms with E-state index in [1.165, 1.54) is 6.92 Å². The lowest BCUT2D eigenvalue weighted by Crippen LogP contribution is -2.57. The van der Waals surface area contributed by atoms with Crippen molar-refractivity contribution in [3.8, 4) is 0 Å². The number of hydrogen-bond acceptors (Lipinski definition) is 3. The number of carbonyl (C=O) groups is 2. The first kappa shape index (κ1) is 10.1. The number of aliphatic carboxylic acids is 1. The maximum atomic E-state index is 10.8. The van der Waals surface area contributed by atoms with Crippen LogP contribution in [0, 0.1) is 5.92 Å². The molecular weight excluding hydrogens is 146 g/mol. The van der Waals surface area contributed by atoms with Crippen molar-refractivity contribution in [2.24, 2.45) is 11.7 Å². The van der Waals surface area contributed by atoms with Gasteiger partial charge < -0.3 is 10.8 Å². The second-order valence-electron chi connectivity index (χ2n) is 2.89. The fourth-order valence-electron chi connectivity index (χ4n) is 0.804. The second kappa shape index (κ2) is 3.00. The first-order valence-electron chi connectivity index (χ1n) is 3.36. The summed E-state index contributed by atoms with van der Waals surface area (Å²) in [5.41, 5.74) is 3.66. The largest absolute Gasteiger partial charge is 0.480 e. The van der Waals surface area contributed by atoms with Crippen LogP contribution in [0.25, 0.3) is 0 Å². The van der Waals surface area contributed by atoms with Gasteiger partial charge in [-0.3, -0.25) is 4.79 Å². The summed E-state index contributed by atoms with van der Waals surface area (Å²) >= 11 is 0. The fraction of sp³-hybridized carbons (Fsp3) is 0.714. The van der Waals surface area contributed by atoms with Gasteiger partial charge in [-0.15, -0.1) is 0 Å². The molecule has 4 heteroatoms. The van der Waals surface area contributed by atoms with Gasteiger partial charge >= 0.3 is 5.97 Å². The van der Waals surface area contributed by atoms with Gasteiger partial charge in [-0.1, -0.05) is 13.8 Å². The second-order valence-corrected chi connectivity index (χ2v) is 2.89. The highest BCUT2D eigenvalue weighted by atomic mass is 16.4. The molecule has 0 spiro atoms. The molecule has 0 radical (unpaired) electrons. The smallest absolute Gasteiger partial charge is 0.331 e. The summed E-state index contributed by atoms with van der Waals surface area (Å²) in [4.78, 5) is 21.4. The van der Waals surface area contributed by atoms with Crippen LogP contribution in [0.1, 0.15) is 20.8 Å². The van der Waals surface area contributed by atoms with Gasteiger partial charge in [0.25, 0.3) is 0 Å². The molecule has 0 aromatic rings. The van der Waals surface area contributed by atoms with E-state index in [1.807, 2.05) is 0 Å². The van der Waals surface area contributed by atoms with Gasteiger partial charge in [-0.25, -0.2) is 4.79 Å². The normalized spacial score (nSPS) is 16.1. The highest BCUT2D eigenvalue weighted by Crippen LogP contribution is 2.14. The third-order valence-electron chi connectivity index (χ3n) is 1.85. The molecule has 0 amide bonds. The molecule has 0 bridgehead atoms. The number of ketones is 1. The van der Waals surface area contributed by atoms with Gasteiger partial charge in [0.2, 0.25) is 0 Å². The first-order valence-corrected chi connectivity index (χ1v) is 3.36. The molecule has 0 rings (SSSR count). The van der Waals surface area contributed by atoms with E-state index in [0.29, 0.717) is 0 Å². The predicted octanol–water partition coefficient (Wildman–Crippen LogP) is 0.0135. The summed E-state index contributed by atoms with van der Waals surface area (Å²) < 4.78 is 0. The summed E-state index contributed by atoms with van der Waals surface area (Å²) in [5, 5.41) is 8.63. The predicted molar refractivity (Wildman–Crippen MR) is 40.1 cm³/mol. The number of rotatable bonds is 3. The Morgan fingerprint density at radius 2 is 1.82 bits per heavy atom. The maximum absolute atomic E-state index is 10.8. The van der Waals surface area contributed by atoms with Gasteiger partial charge in [-0.05, 0) is 12.8 Å². The molecule has 0 saturated heterocycles. The minimum absolute atomic E-state index is 0.391. The van der Waals surface area contributed by atoms with Crippen LogP contribution in [0.4, 0.5) is 0 Å². The van der Waals surface area contributed by atoms with E-state index >= 15 is 0 Å². The monoisotopic (exact) mass is 159 g/mol. The molecule has 64 valence electrons. The van der Waals surface area contributed by atoms with Crippen LogP contribution in [0.5, 0.6) is 0 Å². The Bertz CT molecular complexity index is 172. The van der Waals surface area contributed by atoms with Crippen molar-refractivity contribution in [3.05, 3.63) is 0 Å². The van der Waals surface area contributed by atoms with E-state index < -0.39 is 23.2 Å². The topological polar surface area (TPSA) is 80.4 Å². The Morgan fingerprint density at radius 3 is 1.82 bits per heavy atom. The number of hydrogen-bond donors (Lipinski definition) is 2. The number of carboxylic acids is 1. The molecule has 4 nitrogen and oxygen atoms in total. The van der Waals surface area contributed by atoms with E-state index in [2.05, 4.69) is 0 Å². The summed E-state index contributed by atoms with van der Waals surface area (Å²) in [5.74, 6) is -2.17. The average molecular weight is 159 g/mol. The standard InChI is InChI=1S/C7H13NO3/c1-4(2)7(8,5(3)9)6(10)11/h4H,8H2,1-3H3,(H,10,11)/t7-/m0/s1. The third-order valence-corrected chi connectivity index (χ3v) is 1.85. The van der Waals surface area contributed by atoms with Crippen molar-refractivity contribution in [1.82, 2.24) is 0 Å². The van der Waals surface area contributed by atoms with Gasteiger partial charge in [0, 0.05) is 0 Å². The zero-order chi connectivity index (χ0) is 9.23. The van der Waals surface area contributed by atoms with Crippen molar-refractivity contribution >= 4 is 11.8 Å². The Morgan fingerprint density at radius 1 is 1.45 bits per heavy atom. The van der Waals surface area contributed by atoms with E-state index in [4.69, 9.17) is 10.8 Å². The molecular formula is C7H13NO3. The molecule has 0 saturated carbocycles. The summed E-state index contributed by atoms with van der Waals surface area (Å²) in [6.07, 6.45) is 0. The van der Waals surface area contributed by atoms with Crippen LogP contribution in [0.3, 0.4) is 0 Å². The Balaban J connectivity index is 4.82. The van der Waals surface area contributed by atoms with Crippen molar-refractivity contribution in [2.45, 2.75) is 26.3 Å². The minimum Gasteiger partial charge on any atom is -0.480 e. The molecule has 0 aliphatic heterocycles. The number of nitrogens with two attached hydrogens (primary N) is 1. The van der Waals surface area contributed by atoms with E-state index in [-0.39, 0.29) is 0 Å². The van der Waals surface area contributed by atoms with Gasteiger partial charge in [0.15, 0.2) is 11.3 Å². The summed E-state index contributed by atoms with van der Waals surface area (Å²) in [7, 11) is 0. The van der Waals surface area contributed by atoms with Crippen molar-refractivity contribution in [3.63, 3.8) is 0 Å². The summed E-state index contributed by atoms with van der Waals surface area (Å²) in [6.45, 7) is 4.40. The molecule has 1 atom stereocenters. The van der Waals surface area contributed by atoms with Crippen LogP contribution in [-0.4, -0.2) is 22.4 Å². The Labute approximate surface area is 65.4 Å². The Hall–Kier alpha value is -0.900. The van der Waals surface area contributed by atoms with Gasteiger partial charge in [-0.2, -0.15) is 0 Å². The zero-order valence-electron chi connectivity index (χ0n) is 6.92. The van der Waals surface area contributed by atoms with Crippen LogP contribution in [0.15, 0.2) is 0 Å².